The Labute approximate surface area is 124 Å². The molecule has 0 spiro atoms. The highest BCUT2D eigenvalue weighted by Gasteiger charge is 2.28. The summed E-state index contributed by atoms with van der Waals surface area (Å²) < 4.78 is 7.36. The molecule has 0 aliphatic carbocycles. The Morgan fingerprint density at radius 3 is 2.61 bits per heavy atom. The molecule has 0 unspecified atom stereocenters. The highest BCUT2D eigenvalue weighted by molar-refractivity contribution is 9.13. The minimum Gasteiger partial charge on any atom is -0.388 e. The molecule has 1 saturated heterocycles. The summed E-state index contributed by atoms with van der Waals surface area (Å²) in [5.41, 5.74) is 0.589. The fourth-order valence-corrected chi connectivity index (χ4v) is 2.69. The van der Waals surface area contributed by atoms with Crippen molar-refractivity contribution in [3.63, 3.8) is 0 Å². The van der Waals surface area contributed by atoms with Gasteiger partial charge in [0, 0.05) is 48.1 Å². The molecule has 5 heteroatoms. The summed E-state index contributed by atoms with van der Waals surface area (Å²) in [7, 11) is 0. The van der Waals surface area contributed by atoms with Crippen molar-refractivity contribution in [2.24, 2.45) is 0 Å². The third-order valence-corrected chi connectivity index (χ3v) is 5.07. The molecule has 3 nitrogen and oxygen atoms in total. The number of benzene rings is 1. The molecule has 0 radical (unpaired) electrons. The van der Waals surface area contributed by atoms with Gasteiger partial charge in [0.2, 0.25) is 0 Å². The predicted molar refractivity (Wildman–Crippen MR) is 78.6 cm³/mol. The molecule has 1 aliphatic rings. The van der Waals surface area contributed by atoms with Crippen molar-refractivity contribution in [2.75, 3.05) is 19.8 Å². The Bertz CT molecular complexity index is 406. The van der Waals surface area contributed by atoms with Crippen LogP contribution in [0.1, 0.15) is 18.4 Å². The highest BCUT2D eigenvalue weighted by Crippen LogP contribution is 2.24. The second-order valence-corrected chi connectivity index (χ2v) is 6.40. The number of nitrogens with one attached hydrogen (secondary N) is 1. The first-order valence-corrected chi connectivity index (χ1v) is 7.62. The molecule has 0 saturated carbocycles. The number of aliphatic hydroxyl groups is 1. The van der Waals surface area contributed by atoms with Crippen LogP contribution in [0.2, 0.25) is 0 Å². The van der Waals surface area contributed by atoms with E-state index in [9.17, 15) is 5.11 Å². The summed E-state index contributed by atoms with van der Waals surface area (Å²) in [6, 6.07) is 6.16. The van der Waals surface area contributed by atoms with Crippen molar-refractivity contribution in [1.29, 1.82) is 0 Å². The fraction of sp³-hybridized carbons (Fsp3) is 0.538. The van der Waals surface area contributed by atoms with Gasteiger partial charge in [0.15, 0.2) is 0 Å². The molecular weight excluding hydrogens is 362 g/mol. The molecule has 1 aromatic carbocycles. The maximum atomic E-state index is 10.3. The average molecular weight is 379 g/mol. The molecule has 0 aromatic heterocycles. The van der Waals surface area contributed by atoms with Crippen LogP contribution < -0.4 is 5.32 Å². The van der Waals surface area contributed by atoms with Crippen LogP contribution in [0.25, 0.3) is 0 Å². The van der Waals surface area contributed by atoms with Crippen molar-refractivity contribution < 1.29 is 9.84 Å². The van der Waals surface area contributed by atoms with Gasteiger partial charge in [-0.3, -0.25) is 0 Å². The summed E-state index contributed by atoms with van der Waals surface area (Å²) in [6.45, 7) is 2.68. The molecule has 18 heavy (non-hydrogen) atoms. The predicted octanol–water partition coefficient (Wildman–Crippen LogP) is 2.84. The van der Waals surface area contributed by atoms with Crippen LogP contribution in [0.15, 0.2) is 27.1 Å². The molecule has 2 N–H and O–H groups in total. The van der Waals surface area contributed by atoms with Crippen molar-refractivity contribution >= 4 is 31.9 Å². The van der Waals surface area contributed by atoms with Gasteiger partial charge < -0.3 is 15.2 Å². The Morgan fingerprint density at radius 2 is 1.94 bits per heavy atom. The first-order chi connectivity index (χ1) is 8.59. The first-order valence-electron chi connectivity index (χ1n) is 6.04. The average Bonchev–Trinajstić information content (AvgIpc) is 2.34. The van der Waals surface area contributed by atoms with Gasteiger partial charge >= 0.3 is 0 Å². The van der Waals surface area contributed by atoms with Crippen molar-refractivity contribution in [3.05, 3.63) is 32.7 Å². The van der Waals surface area contributed by atoms with Crippen molar-refractivity contribution in [2.45, 2.75) is 25.0 Å². The molecule has 0 atom stereocenters. The number of rotatable bonds is 4. The summed E-state index contributed by atoms with van der Waals surface area (Å²) in [5.74, 6) is 0. The zero-order valence-electron chi connectivity index (χ0n) is 10.1. The Hall–Kier alpha value is 0.0600. The number of ether oxygens (including phenoxy) is 1. The number of hydrogen-bond donors (Lipinski definition) is 2. The van der Waals surface area contributed by atoms with E-state index in [4.69, 9.17) is 4.74 Å². The third-order valence-electron chi connectivity index (χ3n) is 3.19. The lowest BCUT2D eigenvalue weighted by Crippen LogP contribution is -2.44. The van der Waals surface area contributed by atoms with Crippen LogP contribution in [0.4, 0.5) is 0 Å². The van der Waals surface area contributed by atoms with Gasteiger partial charge in [-0.2, -0.15) is 0 Å². The van der Waals surface area contributed by atoms with E-state index in [1.807, 2.05) is 6.07 Å². The lowest BCUT2D eigenvalue weighted by Gasteiger charge is -2.32. The van der Waals surface area contributed by atoms with Gasteiger partial charge in [0.1, 0.15) is 0 Å². The fourth-order valence-electron chi connectivity index (χ4n) is 2.02. The zero-order valence-corrected chi connectivity index (χ0v) is 13.3. The Kier molecular flexibility index (Phi) is 5.21. The van der Waals surface area contributed by atoms with Gasteiger partial charge in [0.05, 0.1) is 5.60 Å². The third kappa shape index (κ3) is 4.03. The monoisotopic (exact) mass is 377 g/mol. The van der Waals surface area contributed by atoms with Crippen LogP contribution in [0.3, 0.4) is 0 Å². The SMILES string of the molecule is OC1(CNCc2ccc(Br)c(Br)c2)CCOCC1. The summed E-state index contributed by atoms with van der Waals surface area (Å²) in [6.07, 6.45) is 1.42. The van der Waals surface area contributed by atoms with Gasteiger partial charge in [-0.25, -0.2) is 0 Å². The minimum atomic E-state index is -0.606. The Morgan fingerprint density at radius 1 is 1.22 bits per heavy atom. The molecule has 1 fully saturated rings. The second-order valence-electron chi connectivity index (χ2n) is 4.69. The topological polar surface area (TPSA) is 41.5 Å². The largest absolute Gasteiger partial charge is 0.388 e. The van der Waals surface area contributed by atoms with E-state index in [1.54, 1.807) is 0 Å². The van der Waals surface area contributed by atoms with Gasteiger partial charge in [-0.15, -0.1) is 0 Å². The molecular formula is C13H17Br2NO2. The van der Waals surface area contributed by atoms with Crippen LogP contribution in [0, 0.1) is 0 Å². The molecule has 1 aromatic rings. The summed E-state index contributed by atoms with van der Waals surface area (Å²) in [5, 5.41) is 13.6. The van der Waals surface area contributed by atoms with Gasteiger partial charge in [0.25, 0.3) is 0 Å². The van der Waals surface area contributed by atoms with E-state index >= 15 is 0 Å². The minimum absolute atomic E-state index is 0.606. The van der Waals surface area contributed by atoms with E-state index < -0.39 is 5.60 Å². The lowest BCUT2D eigenvalue weighted by molar-refractivity contribution is -0.0617. The van der Waals surface area contributed by atoms with Crippen molar-refractivity contribution in [3.8, 4) is 0 Å². The molecule has 2 rings (SSSR count). The quantitative estimate of drug-likeness (QED) is 0.846. The second kappa shape index (κ2) is 6.48. The van der Waals surface area contributed by atoms with E-state index in [-0.39, 0.29) is 0 Å². The standard InChI is InChI=1S/C13H17Br2NO2/c14-11-2-1-10(7-12(11)15)8-16-9-13(17)3-5-18-6-4-13/h1-2,7,16-17H,3-6,8-9H2. The molecule has 1 aliphatic heterocycles. The first kappa shape index (κ1) is 14.5. The highest BCUT2D eigenvalue weighted by atomic mass is 79.9. The van der Waals surface area contributed by atoms with E-state index in [1.165, 1.54) is 5.56 Å². The van der Waals surface area contributed by atoms with Crippen LogP contribution >= 0.6 is 31.9 Å². The van der Waals surface area contributed by atoms with Crippen LogP contribution in [0.5, 0.6) is 0 Å². The number of halogens is 2. The number of hydrogen-bond acceptors (Lipinski definition) is 3. The van der Waals surface area contributed by atoms with Crippen LogP contribution in [-0.4, -0.2) is 30.5 Å². The Balaban J connectivity index is 1.82. The maximum Gasteiger partial charge on any atom is 0.0815 e. The van der Waals surface area contributed by atoms with Gasteiger partial charge in [-0.1, -0.05) is 6.07 Å². The lowest BCUT2D eigenvalue weighted by atomic mass is 9.94. The molecule has 1 heterocycles. The maximum absolute atomic E-state index is 10.3. The normalized spacial score (nSPS) is 18.8. The summed E-state index contributed by atoms with van der Waals surface area (Å²) in [4.78, 5) is 0. The van der Waals surface area contributed by atoms with Gasteiger partial charge in [-0.05, 0) is 49.6 Å². The van der Waals surface area contributed by atoms with E-state index in [2.05, 4.69) is 49.3 Å². The summed E-state index contributed by atoms with van der Waals surface area (Å²) >= 11 is 6.93. The molecule has 0 bridgehead atoms. The molecule has 100 valence electrons. The smallest absolute Gasteiger partial charge is 0.0815 e. The molecule has 0 amide bonds. The zero-order chi connectivity index (χ0) is 13.0. The van der Waals surface area contributed by atoms with Crippen molar-refractivity contribution in [1.82, 2.24) is 5.32 Å². The van der Waals surface area contributed by atoms with E-state index in [0.717, 1.165) is 15.5 Å². The van der Waals surface area contributed by atoms with E-state index in [0.29, 0.717) is 32.6 Å². The van der Waals surface area contributed by atoms with Crippen LogP contribution in [-0.2, 0) is 11.3 Å².